The maximum Gasteiger partial charge on any atom is 0.0700 e. The average Bonchev–Trinajstić information content (AvgIpc) is 2.16. The summed E-state index contributed by atoms with van der Waals surface area (Å²) in [5, 5.41) is 3.17. The molecule has 0 aromatic carbocycles. The second kappa shape index (κ2) is 9.13. The lowest BCUT2D eigenvalue weighted by atomic mass is 9.95. The summed E-state index contributed by atoms with van der Waals surface area (Å²) in [5.74, 6) is 0. The van der Waals surface area contributed by atoms with E-state index >= 15 is 0 Å². The first-order valence-corrected chi connectivity index (χ1v) is 5.92. The molecule has 0 unspecified atom stereocenters. The van der Waals surface area contributed by atoms with Gasteiger partial charge in [0, 0.05) is 18.6 Å². The molecular formula is C12H27NO2. The number of unbranched alkanes of at least 4 members (excludes halogenated alkanes) is 1. The average molecular weight is 217 g/mol. The van der Waals surface area contributed by atoms with Crippen molar-refractivity contribution in [3.8, 4) is 0 Å². The van der Waals surface area contributed by atoms with Crippen molar-refractivity contribution in [2.45, 2.75) is 33.6 Å². The van der Waals surface area contributed by atoms with Gasteiger partial charge in [-0.05, 0) is 13.5 Å². The van der Waals surface area contributed by atoms with Crippen LogP contribution in [-0.4, -0.2) is 40.0 Å². The Bertz CT molecular complexity index is 138. The van der Waals surface area contributed by atoms with Crippen molar-refractivity contribution in [2.75, 3.05) is 40.0 Å². The van der Waals surface area contributed by atoms with Crippen molar-refractivity contribution in [1.82, 2.24) is 5.32 Å². The molecule has 0 atom stereocenters. The van der Waals surface area contributed by atoms with Crippen LogP contribution in [0.15, 0.2) is 0 Å². The van der Waals surface area contributed by atoms with E-state index in [4.69, 9.17) is 9.47 Å². The standard InChI is InChI=1S/C12H27NO2/c1-5-6-7-14-8-9-15-11-12(2,3)10-13-4/h13H,5-11H2,1-4H3. The van der Waals surface area contributed by atoms with Gasteiger partial charge in [-0.3, -0.25) is 0 Å². The fourth-order valence-corrected chi connectivity index (χ4v) is 1.34. The van der Waals surface area contributed by atoms with E-state index in [0.717, 1.165) is 32.8 Å². The van der Waals surface area contributed by atoms with Gasteiger partial charge in [0.15, 0.2) is 0 Å². The molecule has 0 fully saturated rings. The summed E-state index contributed by atoms with van der Waals surface area (Å²) in [6.45, 7) is 10.6. The van der Waals surface area contributed by atoms with E-state index in [1.54, 1.807) is 0 Å². The first kappa shape index (κ1) is 14.9. The molecule has 0 bridgehead atoms. The molecule has 0 rings (SSSR count). The highest BCUT2D eigenvalue weighted by atomic mass is 16.5. The maximum absolute atomic E-state index is 5.57. The van der Waals surface area contributed by atoms with E-state index in [1.807, 2.05) is 7.05 Å². The molecule has 0 radical (unpaired) electrons. The second-order valence-corrected chi connectivity index (χ2v) is 4.71. The van der Waals surface area contributed by atoms with Gasteiger partial charge in [0.2, 0.25) is 0 Å². The third kappa shape index (κ3) is 10.2. The van der Waals surface area contributed by atoms with Gasteiger partial charge in [-0.25, -0.2) is 0 Å². The van der Waals surface area contributed by atoms with E-state index in [9.17, 15) is 0 Å². The minimum absolute atomic E-state index is 0.207. The third-order valence-electron chi connectivity index (χ3n) is 2.16. The lowest BCUT2D eigenvalue weighted by molar-refractivity contribution is 0.0149. The summed E-state index contributed by atoms with van der Waals surface area (Å²) in [4.78, 5) is 0. The molecule has 0 heterocycles. The van der Waals surface area contributed by atoms with Crippen LogP contribution in [0.1, 0.15) is 33.6 Å². The molecule has 0 aliphatic rings. The minimum Gasteiger partial charge on any atom is -0.379 e. The van der Waals surface area contributed by atoms with Crippen molar-refractivity contribution >= 4 is 0 Å². The molecule has 1 N–H and O–H groups in total. The van der Waals surface area contributed by atoms with Gasteiger partial charge in [-0.2, -0.15) is 0 Å². The molecule has 3 heteroatoms. The summed E-state index contributed by atoms with van der Waals surface area (Å²) in [5.41, 5.74) is 0.207. The Hall–Kier alpha value is -0.120. The van der Waals surface area contributed by atoms with Crippen LogP contribution in [0.4, 0.5) is 0 Å². The lowest BCUT2D eigenvalue weighted by Gasteiger charge is -2.23. The molecule has 92 valence electrons. The minimum atomic E-state index is 0.207. The van der Waals surface area contributed by atoms with Crippen molar-refractivity contribution in [2.24, 2.45) is 5.41 Å². The first-order valence-electron chi connectivity index (χ1n) is 5.92. The third-order valence-corrected chi connectivity index (χ3v) is 2.16. The Balaban J connectivity index is 3.22. The van der Waals surface area contributed by atoms with E-state index in [0.29, 0.717) is 6.61 Å². The summed E-state index contributed by atoms with van der Waals surface area (Å²) in [7, 11) is 1.97. The maximum atomic E-state index is 5.57. The molecular weight excluding hydrogens is 190 g/mol. The van der Waals surface area contributed by atoms with Gasteiger partial charge in [0.05, 0.1) is 19.8 Å². The summed E-state index contributed by atoms with van der Waals surface area (Å²) < 4.78 is 11.0. The second-order valence-electron chi connectivity index (χ2n) is 4.71. The Morgan fingerprint density at radius 2 is 1.73 bits per heavy atom. The molecule has 0 aromatic heterocycles. The summed E-state index contributed by atoms with van der Waals surface area (Å²) >= 11 is 0. The van der Waals surface area contributed by atoms with E-state index in [1.165, 1.54) is 6.42 Å². The SMILES string of the molecule is CCCCOCCOCC(C)(C)CNC. The van der Waals surface area contributed by atoms with Gasteiger partial charge in [0.25, 0.3) is 0 Å². The van der Waals surface area contributed by atoms with Crippen LogP contribution in [0.2, 0.25) is 0 Å². The quantitative estimate of drug-likeness (QED) is 0.568. The molecule has 3 nitrogen and oxygen atoms in total. The highest BCUT2D eigenvalue weighted by molar-refractivity contribution is 4.69. The van der Waals surface area contributed by atoms with Crippen molar-refractivity contribution < 1.29 is 9.47 Å². The fraction of sp³-hybridized carbons (Fsp3) is 1.00. The van der Waals surface area contributed by atoms with Crippen LogP contribution >= 0.6 is 0 Å². The molecule has 0 aliphatic heterocycles. The molecule has 0 saturated heterocycles. The summed E-state index contributed by atoms with van der Waals surface area (Å²) in [6, 6.07) is 0. The molecule has 0 aromatic rings. The lowest BCUT2D eigenvalue weighted by Crippen LogP contribution is -2.31. The predicted octanol–water partition coefficient (Wildman–Crippen LogP) is 2.07. The monoisotopic (exact) mass is 217 g/mol. The highest BCUT2D eigenvalue weighted by Crippen LogP contribution is 2.13. The Morgan fingerprint density at radius 1 is 1.07 bits per heavy atom. The van der Waals surface area contributed by atoms with E-state index < -0.39 is 0 Å². The van der Waals surface area contributed by atoms with Gasteiger partial charge in [-0.1, -0.05) is 27.2 Å². The highest BCUT2D eigenvalue weighted by Gasteiger charge is 2.16. The van der Waals surface area contributed by atoms with Crippen LogP contribution in [0.5, 0.6) is 0 Å². The molecule has 0 aliphatic carbocycles. The zero-order valence-corrected chi connectivity index (χ0v) is 10.8. The molecule has 15 heavy (non-hydrogen) atoms. The van der Waals surface area contributed by atoms with E-state index in [-0.39, 0.29) is 5.41 Å². The van der Waals surface area contributed by atoms with E-state index in [2.05, 4.69) is 26.1 Å². The first-order chi connectivity index (χ1) is 7.12. The van der Waals surface area contributed by atoms with Crippen LogP contribution in [0, 0.1) is 5.41 Å². The topological polar surface area (TPSA) is 30.5 Å². The van der Waals surface area contributed by atoms with Crippen molar-refractivity contribution in [3.63, 3.8) is 0 Å². The molecule has 0 amide bonds. The zero-order valence-electron chi connectivity index (χ0n) is 10.8. The van der Waals surface area contributed by atoms with Gasteiger partial charge in [-0.15, -0.1) is 0 Å². The van der Waals surface area contributed by atoms with Crippen molar-refractivity contribution in [3.05, 3.63) is 0 Å². The van der Waals surface area contributed by atoms with Crippen LogP contribution < -0.4 is 5.32 Å². The fourth-order valence-electron chi connectivity index (χ4n) is 1.34. The number of nitrogens with one attached hydrogen (secondary N) is 1. The zero-order chi connectivity index (χ0) is 11.6. The van der Waals surface area contributed by atoms with Crippen LogP contribution in [0.25, 0.3) is 0 Å². The predicted molar refractivity (Wildman–Crippen MR) is 64.3 cm³/mol. The largest absolute Gasteiger partial charge is 0.379 e. The normalized spacial score (nSPS) is 12.0. The number of hydrogen-bond donors (Lipinski definition) is 1. The van der Waals surface area contributed by atoms with Crippen molar-refractivity contribution in [1.29, 1.82) is 0 Å². The molecule has 0 spiro atoms. The van der Waals surface area contributed by atoms with Crippen LogP contribution in [-0.2, 0) is 9.47 Å². The van der Waals surface area contributed by atoms with Crippen LogP contribution in [0.3, 0.4) is 0 Å². The Kier molecular flexibility index (Phi) is 9.06. The molecule has 0 saturated carbocycles. The van der Waals surface area contributed by atoms with Gasteiger partial charge >= 0.3 is 0 Å². The summed E-state index contributed by atoms with van der Waals surface area (Å²) in [6.07, 6.45) is 2.33. The Morgan fingerprint density at radius 3 is 2.33 bits per heavy atom. The number of hydrogen-bond acceptors (Lipinski definition) is 3. The van der Waals surface area contributed by atoms with Gasteiger partial charge in [0.1, 0.15) is 0 Å². The van der Waals surface area contributed by atoms with Gasteiger partial charge < -0.3 is 14.8 Å². The number of ether oxygens (including phenoxy) is 2. The smallest absolute Gasteiger partial charge is 0.0700 e. The number of rotatable bonds is 10. The Labute approximate surface area is 94.5 Å².